The minimum atomic E-state index is -4.57. The first-order valence-corrected chi connectivity index (χ1v) is 7.83. The van der Waals surface area contributed by atoms with Crippen molar-refractivity contribution in [3.05, 3.63) is 29.6 Å². The van der Waals surface area contributed by atoms with E-state index in [2.05, 4.69) is 5.32 Å². The van der Waals surface area contributed by atoms with Crippen molar-refractivity contribution >= 4 is 15.5 Å². The van der Waals surface area contributed by atoms with Gasteiger partial charge in [0.25, 0.3) is 0 Å². The Morgan fingerprint density at radius 2 is 1.95 bits per heavy atom. The summed E-state index contributed by atoms with van der Waals surface area (Å²) in [7, 11) is -3.21. The fraction of sp³-hybridized carbons (Fsp3) is 0.500. The van der Waals surface area contributed by atoms with Crippen molar-refractivity contribution in [2.75, 3.05) is 16.8 Å². The predicted molar refractivity (Wildman–Crippen MR) is 66.7 cm³/mol. The van der Waals surface area contributed by atoms with Crippen molar-refractivity contribution in [3.63, 3.8) is 0 Å². The molecule has 0 radical (unpaired) electrons. The Labute approximate surface area is 113 Å². The molecule has 8 heteroatoms. The number of benzene rings is 1. The van der Waals surface area contributed by atoms with Crippen LogP contribution in [0.1, 0.15) is 18.4 Å². The van der Waals surface area contributed by atoms with E-state index in [9.17, 15) is 26.0 Å². The summed E-state index contributed by atoms with van der Waals surface area (Å²) in [6, 6.07) is 1.48. The van der Waals surface area contributed by atoms with E-state index in [1.54, 1.807) is 0 Å². The van der Waals surface area contributed by atoms with Crippen LogP contribution in [-0.4, -0.2) is 26.0 Å². The van der Waals surface area contributed by atoms with Gasteiger partial charge in [-0.25, -0.2) is 12.8 Å². The zero-order valence-electron chi connectivity index (χ0n) is 10.4. The van der Waals surface area contributed by atoms with Crippen LogP contribution >= 0.6 is 0 Å². The minimum Gasteiger partial charge on any atom is -0.379 e. The monoisotopic (exact) mass is 311 g/mol. The summed E-state index contributed by atoms with van der Waals surface area (Å²) in [6.45, 7) is 0. The lowest BCUT2D eigenvalue weighted by atomic mass is 10.1. The van der Waals surface area contributed by atoms with E-state index in [0.29, 0.717) is 25.0 Å². The van der Waals surface area contributed by atoms with E-state index in [-0.39, 0.29) is 17.2 Å². The van der Waals surface area contributed by atoms with E-state index in [1.807, 2.05) is 0 Å². The molecule has 1 heterocycles. The zero-order chi connectivity index (χ0) is 15.0. The first-order valence-electron chi connectivity index (χ1n) is 6.01. The second-order valence-electron chi connectivity index (χ2n) is 4.79. The Kier molecular flexibility index (Phi) is 3.95. The topological polar surface area (TPSA) is 46.2 Å². The van der Waals surface area contributed by atoms with Gasteiger partial charge in [-0.15, -0.1) is 0 Å². The maximum Gasteiger partial charge on any atom is 0.416 e. The summed E-state index contributed by atoms with van der Waals surface area (Å²) in [6.07, 6.45) is -3.67. The number of nitrogens with one attached hydrogen (secondary N) is 1. The van der Waals surface area contributed by atoms with E-state index in [0.717, 1.165) is 6.07 Å². The number of hydrogen-bond donors (Lipinski definition) is 1. The highest BCUT2D eigenvalue weighted by Gasteiger charge is 2.32. The lowest BCUT2D eigenvalue weighted by Crippen LogP contribution is -2.35. The molecule has 2 rings (SSSR count). The highest BCUT2D eigenvalue weighted by Crippen LogP contribution is 2.32. The number of sulfone groups is 1. The number of alkyl halides is 3. The van der Waals surface area contributed by atoms with Crippen LogP contribution in [0.3, 0.4) is 0 Å². The lowest BCUT2D eigenvalue weighted by molar-refractivity contribution is -0.137. The van der Waals surface area contributed by atoms with Crippen LogP contribution < -0.4 is 5.32 Å². The number of rotatable bonds is 2. The molecular weight excluding hydrogens is 298 g/mol. The second kappa shape index (κ2) is 5.23. The fourth-order valence-electron chi connectivity index (χ4n) is 2.17. The van der Waals surface area contributed by atoms with Gasteiger partial charge in [-0.2, -0.15) is 13.2 Å². The minimum absolute atomic E-state index is 0.0657. The summed E-state index contributed by atoms with van der Waals surface area (Å²) in [5.41, 5.74) is -1.29. The number of hydrogen-bond acceptors (Lipinski definition) is 3. The van der Waals surface area contributed by atoms with Crippen LogP contribution in [0.4, 0.5) is 23.2 Å². The van der Waals surface area contributed by atoms with Crippen LogP contribution in [0.2, 0.25) is 0 Å². The third-order valence-electron chi connectivity index (χ3n) is 3.12. The molecule has 1 fully saturated rings. The second-order valence-corrected chi connectivity index (χ2v) is 7.02. The molecule has 1 saturated heterocycles. The van der Waals surface area contributed by atoms with Gasteiger partial charge in [0.1, 0.15) is 5.82 Å². The van der Waals surface area contributed by atoms with Gasteiger partial charge < -0.3 is 5.32 Å². The highest BCUT2D eigenvalue weighted by molar-refractivity contribution is 7.91. The largest absolute Gasteiger partial charge is 0.416 e. The molecule has 1 aromatic rings. The van der Waals surface area contributed by atoms with Crippen molar-refractivity contribution < 1.29 is 26.0 Å². The molecule has 1 N–H and O–H groups in total. The van der Waals surface area contributed by atoms with E-state index in [4.69, 9.17) is 0 Å². The molecule has 1 aliphatic heterocycles. The van der Waals surface area contributed by atoms with E-state index < -0.39 is 33.4 Å². The third-order valence-corrected chi connectivity index (χ3v) is 4.94. The highest BCUT2D eigenvalue weighted by atomic mass is 32.2. The summed E-state index contributed by atoms with van der Waals surface area (Å²) in [4.78, 5) is 0. The molecule has 1 unspecified atom stereocenters. The zero-order valence-corrected chi connectivity index (χ0v) is 11.2. The Bertz CT molecular complexity index is 598. The molecule has 112 valence electrons. The maximum absolute atomic E-state index is 13.5. The van der Waals surface area contributed by atoms with Gasteiger partial charge in [0.05, 0.1) is 22.8 Å². The predicted octanol–water partition coefficient (Wildman–Crippen LogP) is 2.83. The SMILES string of the molecule is O=S1(=O)CCCC(Nc2cc(C(F)(F)F)ccc2F)C1. The van der Waals surface area contributed by atoms with Crippen LogP contribution in [0.25, 0.3) is 0 Å². The van der Waals surface area contributed by atoms with Crippen molar-refractivity contribution in [1.29, 1.82) is 0 Å². The summed E-state index contributed by atoms with van der Waals surface area (Å²) in [5, 5.41) is 2.56. The summed E-state index contributed by atoms with van der Waals surface area (Å²) in [5.74, 6) is -0.958. The lowest BCUT2D eigenvalue weighted by Gasteiger charge is -2.24. The first-order chi connectivity index (χ1) is 9.17. The van der Waals surface area contributed by atoms with Crippen molar-refractivity contribution in [2.24, 2.45) is 0 Å². The van der Waals surface area contributed by atoms with Crippen LogP contribution in [0.15, 0.2) is 18.2 Å². The molecule has 1 aromatic carbocycles. The Morgan fingerprint density at radius 1 is 1.25 bits per heavy atom. The third kappa shape index (κ3) is 3.62. The molecule has 0 aromatic heterocycles. The first kappa shape index (κ1) is 15.1. The normalized spacial score (nSPS) is 22.5. The van der Waals surface area contributed by atoms with Crippen molar-refractivity contribution in [2.45, 2.75) is 25.1 Å². The van der Waals surface area contributed by atoms with Crippen LogP contribution in [0, 0.1) is 5.82 Å². The quantitative estimate of drug-likeness (QED) is 0.854. The fourth-order valence-corrected chi connectivity index (χ4v) is 3.81. The molecule has 0 aliphatic carbocycles. The van der Waals surface area contributed by atoms with Crippen LogP contribution in [-0.2, 0) is 16.0 Å². The van der Waals surface area contributed by atoms with Gasteiger partial charge in [0.15, 0.2) is 9.84 Å². The van der Waals surface area contributed by atoms with Crippen molar-refractivity contribution in [1.82, 2.24) is 0 Å². The summed E-state index contributed by atoms with van der Waals surface area (Å²) < 4.78 is 74.1. The molecule has 20 heavy (non-hydrogen) atoms. The standard InChI is InChI=1S/C12H13F4NO2S/c13-10-4-3-8(12(14,15)16)6-11(10)17-9-2-1-5-20(18,19)7-9/h3-4,6,9,17H,1-2,5,7H2. The van der Waals surface area contributed by atoms with Crippen LogP contribution in [0.5, 0.6) is 0 Å². The van der Waals surface area contributed by atoms with Gasteiger partial charge in [-0.3, -0.25) is 0 Å². The molecule has 0 spiro atoms. The Morgan fingerprint density at radius 3 is 2.55 bits per heavy atom. The Balaban J connectivity index is 2.21. The number of halogens is 4. The van der Waals surface area contributed by atoms with E-state index in [1.165, 1.54) is 0 Å². The smallest absolute Gasteiger partial charge is 0.379 e. The average Bonchev–Trinajstić information content (AvgIpc) is 2.29. The maximum atomic E-state index is 13.5. The van der Waals surface area contributed by atoms with Crippen molar-refractivity contribution in [3.8, 4) is 0 Å². The van der Waals surface area contributed by atoms with Gasteiger partial charge in [0.2, 0.25) is 0 Å². The molecule has 3 nitrogen and oxygen atoms in total. The summed E-state index contributed by atoms with van der Waals surface area (Å²) >= 11 is 0. The molecule has 0 amide bonds. The molecule has 0 bridgehead atoms. The number of anilines is 1. The van der Waals surface area contributed by atoms with E-state index >= 15 is 0 Å². The average molecular weight is 311 g/mol. The molecule has 1 aliphatic rings. The molecule has 1 atom stereocenters. The Hall–Kier alpha value is -1.31. The molecular formula is C12H13F4NO2S. The van der Waals surface area contributed by atoms with Gasteiger partial charge in [-0.1, -0.05) is 0 Å². The van der Waals surface area contributed by atoms with Gasteiger partial charge in [-0.05, 0) is 31.0 Å². The van der Waals surface area contributed by atoms with Gasteiger partial charge >= 0.3 is 6.18 Å². The molecule has 0 saturated carbocycles. The van der Waals surface area contributed by atoms with Gasteiger partial charge in [0, 0.05) is 6.04 Å².